The summed E-state index contributed by atoms with van der Waals surface area (Å²) in [6, 6.07) is 46.7. The molecule has 0 saturated heterocycles. The van der Waals surface area contributed by atoms with Gasteiger partial charge in [0.05, 0.1) is 5.39 Å². The topological polar surface area (TPSA) is 46.4 Å². The minimum absolute atomic E-state index is 0.588. The van der Waals surface area contributed by atoms with Crippen LogP contribution >= 0.6 is 0 Å². The van der Waals surface area contributed by atoms with Crippen LogP contribution in [0.25, 0.3) is 43.1 Å². The molecule has 256 valence electrons. The van der Waals surface area contributed by atoms with E-state index in [1.165, 1.54) is 21.5 Å². The van der Waals surface area contributed by atoms with Gasteiger partial charge in [0.25, 0.3) is 5.69 Å². The second-order valence-electron chi connectivity index (χ2n) is 16.1. The Balaban J connectivity index is 1.61. The zero-order valence-electron chi connectivity index (χ0n) is 30.9. The zero-order chi connectivity index (χ0) is 36.3. The lowest BCUT2D eigenvalue weighted by Gasteiger charge is -2.44. The van der Waals surface area contributed by atoms with Gasteiger partial charge in [0.15, 0.2) is 0 Å². The van der Waals surface area contributed by atoms with Gasteiger partial charge in [0.2, 0.25) is 5.54 Å². The molecule has 6 aromatic carbocycles. The van der Waals surface area contributed by atoms with Crippen molar-refractivity contribution in [1.29, 1.82) is 0 Å². The molecule has 0 atom stereocenters. The SMILES string of the molecule is CC(C)(C)N([O-])c1ccc(C2=C(c3ccccc3)C(c3ccccc3)=C(c3ccc([N+](=O)C(C)(C)C)c4ccccc34)[Si]2(C)C)c2ccccc12. The summed E-state index contributed by atoms with van der Waals surface area (Å²) in [5.41, 5.74) is 7.29. The second-order valence-corrected chi connectivity index (χ2v) is 20.4. The van der Waals surface area contributed by atoms with E-state index in [1.807, 2.05) is 65.8 Å². The van der Waals surface area contributed by atoms with Crippen molar-refractivity contribution >= 4 is 62.5 Å². The Bertz CT molecular complexity index is 2380. The number of rotatable bonds is 6. The average molecular weight is 687 g/mol. The standard InChI is InChI=1S/C46H46N2O2Si/c1-45(2,3)47(49)39-29-27-37(33-23-15-17-25-35(33)39)43-41(31-19-11-9-12-20-31)42(32-21-13-10-14-22-32)44(51(43,7)8)38-28-30-40(48(50)46(4,5)6)36-26-18-16-24-34(36)38/h9-30H,1-8H3. The molecule has 0 unspecified atom stereocenters. The highest BCUT2D eigenvalue weighted by molar-refractivity contribution is 7.13. The fourth-order valence-corrected chi connectivity index (χ4v) is 11.6. The molecular formula is C46H46N2O2Si. The first kappa shape index (κ1) is 34.4. The van der Waals surface area contributed by atoms with Crippen molar-refractivity contribution in [3.05, 3.63) is 166 Å². The van der Waals surface area contributed by atoms with Crippen molar-refractivity contribution in [2.24, 2.45) is 0 Å². The monoisotopic (exact) mass is 686 g/mol. The largest absolute Gasteiger partial charge is 0.758 e. The molecule has 1 aliphatic rings. The van der Waals surface area contributed by atoms with Crippen LogP contribution in [0.2, 0.25) is 13.1 Å². The molecule has 0 saturated carbocycles. The smallest absolute Gasteiger partial charge is 0.264 e. The fourth-order valence-electron chi connectivity index (χ4n) is 7.81. The number of nitroso groups, excluding NO2 is 1. The van der Waals surface area contributed by atoms with Crippen molar-refractivity contribution in [1.82, 2.24) is 0 Å². The van der Waals surface area contributed by atoms with Crippen molar-refractivity contribution in [2.45, 2.75) is 65.7 Å². The third-order valence-corrected chi connectivity index (χ3v) is 13.7. The van der Waals surface area contributed by atoms with E-state index in [9.17, 15) is 10.1 Å². The summed E-state index contributed by atoms with van der Waals surface area (Å²) in [6.07, 6.45) is 0. The van der Waals surface area contributed by atoms with Gasteiger partial charge in [0.1, 0.15) is 8.07 Å². The highest BCUT2D eigenvalue weighted by atomic mass is 28.3. The lowest BCUT2D eigenvalue weighted by atomic mass is 9.87. The zero-order valence-corrected chi connectivity index (χ0v) is 31.9. The number of benzene rings is 6. The summed E-state index contributed by atoms with van der Waals surface area (Å²) >= 11 is 0. The molecule has 51 heavy (non-hydrogen) atoms. The van der Waals surface area contributed by atoms with Crippen molar-refractivity contribution in [3.8, 4) is 0 Å². The van der Waals surface area contributed by atoms with Crippen molar-refractivity contribution in [2.75, 3.05) is 5.06 Å². The summed E-state index contributed by atoms with van der Waals surface area (Å²) in [5, 5.41) is 21.6. The maximum atomic E-state index is 13.7. The van der Waals surface area contributed by atoms with E-state index < -0.39 is 19.2 Å². The van der Waals surface area contributed by atoms with Gasteiger partial charge < -0.3 is 10.3 Å². The molecule has 0 radical (unpaired) electrons. The molecule has 0 aromatic heterocycles. The fraction of sp³-hybridized carbons (Fsp3) is 0.217. The van der Waals surface area contributed by atoms with Crippen LogP contribution in [0.4, 0.5) is 11.4 Å². The third-order valence-electron chi connectivity index (χ3n) is 10.1. The minimum atomic E-state index is -2.59. The van der Waals surface area contributed by atoms with E-state index in [4.69, 9.17) is 0 Å². The Hall–Kier alpha value is -5.10. The molecule has 5 heteroatoms. The molecule has 1 aliphatic heterocycles. The second kappa shape index (κ2) is 12.6. The first-order valence-corrected chi connectivity index (χ1v) is 20.8. The molecule has 7 rings (SSSR count). The van der Waals surface area contributed by atoms with E-state index >= 15 is 0 Å². The predicted molar refractivity (Wildman–Crippen MR) is 221 cm³/mol. The number of hydrogen-bond donors (Lipinski definition) is 0. The molecule has 0 bridgehead atoms. The maximum Gasteiger partial charge on any atom is 0.264 e. The van der Waals surface area contributed by atoms with Crippen LogP contribution in [0.5, 0.6) is 0 Å². The predicted octanol–water partition coefficient (Wildman–Crippen LogP) is 12.6. The van der Waals surface area contributed by atoms with E-state index in [2.05, 4.69) is 122 Å². The molecule has 0 amide bonds. The van der Waals surface area contributed by atoms with Crippen LogP contribution in [-0.2, 0) is 0 Å². The number of allylic oxidation sites excluding steroid dienone is 2. The summed E-state index contributed by atoms with van der Waals surface area (Å²) < 4.78 is 1.15. The lowest BCUT2D eigenvalue weighted by Crippen LogP contribution is -2.36. The number of fused-ring (bicyclic) bond motifs is 2. The first-order chi connectivity index (χ1) is 24.2. The van der Waals surface area contributed by atoms with Gasteiger partial charge in [-0.25, -0.2) is 0 Å². The van der Waals surface area contributed by atoms with E-state index in [-0.39, 0.29) is 0 Å². The van der Waals surface area contributed by atoms with Crippen molar-refractivity contribution in [3.63, 3.8) is 0 Å². The summed E-state index contributed by atoms with van der Waals surface area (Å²) in [4.78, 5) is 13.7. The first-order valence-electron chi connectivity index (χ1n) is 17.8. The van der Waals surface area contributed by atoms with E-state index in [1.54, 1.807) is 0 Å². The van der Waals surface area contributed by atoms with E-state index in [0.29, 0.717) is 11.4 Å². The van der Waals surface area contributed by atoms with Crippen LogP contribution in [-0.4, -0.2) is 23.9 Å². The Kier molecular flexibility index (Phi) is 8.48. The van der Waals surface area contributed by atoms with Gasteiger partial charge in [-0.05, 0) is 93.5 Å². The van der Waals surface area contributed by atoms with Crippen LogP contribution < -0.4 is 5.06 Å². The quantitative estimate of drug-likeness (QED) is 0.0995. The maximum absolute atomic E-state index is 13.7. The van der Waals surface area contributed by atoms with E-state index in [0.717, 1.165) is 53.6 Å². The Morgan fingerprint density at radius 2 is 0.941 bits per heavy atom. The Morgan fingerprint density at radius 1 is 0.529 bits per heavy atom. The van der Waals surface area contributed by atoms with Crippen LogP contribution in [0.1, 0.15) is 63.8 Å². The summed E-state index contributed by atoms with van der Waals surface area (Å²) in [5.74, 6) is 0. The Labute approximate surface area is 302 Å². The van der Waals surface area contributed by atoms with Gasteiger partial charge in [-0.3, -0.25) is 0 Å². The highest BCUT2D eigenvalue weighted by Crippen LogP contribution is 2.57. The molecule has 0 fully saturated rings. The number of anilines is 1. The molecule has 4 nitrogen and oxygen atoms in total. The molecule has 1 heterocycles. The van der Waals surface area contributed by atoms with Crippen LogP contribution in [0, 0.1) is 10.1 Å². The summed E-state index contributed by atoms with van der Waals surface area (Å²) in [7, 11) is -2.59. The molecule has 6 aromatic rings. The van der Waals surface area contributed by atoms with Crippen molar-refractivity contribution < 1.29 is 4.76 Å². The molecule has 0 spiro atoms. The van der Waals surface area contributed by atoms with Gasteiger partial charge in [-0.15, -0.1) is 0 Å². The summed E-state index contributed by atoms with van der Waals surface area (Å²) in [6.45, 7) is 16.7. The average Bonchev–Trinajstić information content (AvgIpc) is 3.36. The molecule has 0 aliphatic carbocycles. The lowest BCUT2D eigenvalue weighted by molar-refractivity contribution is -0.538. The van der Waals surface area contributed by atoms with Gasteiger partial charge in [0, 0.05) is 53.1 Å². The van der Waals surface area contributed by atoms with Gasteiger partial charge in [-0.1, -0.05) is 122 Å². The van der Waals surface area contributed by atoms with Crippen LogP contribution in [0.15, 0.2) is 133 Å². The molecule has 0 N–H and O–H groups in total. The third kappa shape index (κ3) is 5.84. The van der Waals surface area contributed by atoms with Crippen LogP contribution in [0.3, 0.4) is 0 Å². The number of nitrogens with zero attached hydrogens (tertiary/aromatic N) is 2. The highest BCUT2D eigenvalue weighted by Gasteiger charge is 2.45. The number of hydroxylamine groups is 1. The normalized spacial score (nSPS) is 14.8. The van der Waals surface area contributed by atoms with Gasteiger partial charge >= 0.3 is 0 Å². The minimum Gasteiger partial charge on any atom is -0.758 e. The van der Waals surface area contributed by atoms with Gasteiger partial charge in [-0.2, -0.15) is 0 Å². The molecular weight excluding hydrogens is 641 g/mol. The number of hydrogen-bond acceptors (Lipinski definition) is 3. The Morgan fingerprint density at radius 3 is 1.41 bits per heavy atom.